The Hall–Kier alpha value is -0.530. The van der Waals surface area contributed by atoms with E-state index in [4.69, 9.17) is 5.21 Å². The Morgan fingerprint density at radius 3 is 2.57 bits per heavy atom. The highest BCUT2D eigenvalue weighted by molar-refractivity contribution is 5.89. The molecule has 0 spiro atoms. The van der Waals surface area contributed by atoms with Gasteiger partial charge in [0.2, 0.25) is 0 Å². The zero-order valence-electron chi connectivity index (χ0n) is 4.68. The minimum Gasteiger partial charge on any atom is -0.411 e. The molecule has 0 aliphatic rings. The van der Waals surface area contributed by atoms with Crippen LogP contribution >= 0.6 is 0 Å². The molecule has 0 rings (SSSR count). The van der Waals surface area contributed by atoms with Gasteiger partial charge in [0.15, 0.2) is 0 Å². The summed E-state index contributed by atoms with van der Waals surface area (Å²) >= 11 is 0. The molecule has 0 fully saturated rings. The van der Waals surface area contributed by atoms with E-state index >= 15 is 0 Å². The third kappa shape index (κ3) is 3.30. The standard InChI is InChI=1S/C5H10NO/c1-3-4-5(2)6-7/h4,7H,3H2,1-2H3/b6-5-. The maximum Gasteiger partial charge on any atom is 0.0577 e. The fraction of sp³-hybridized carbons (Fsp3) is 0.600. The quantitative estimate of drug-likeness (QED) is 0.318. The lowest BCUT2D eigenvalue weighted by atomic mass is 10.2. The monoisotopic (exact) mass is 100 g/mol. The van der Waals surface area contributed by atoms with Crippen molar-refractivity contribution in [2.45, 2.75) is 20.3 Å². The van der Waals surface area contributed by atoms with Crippen molar-refractivity contribution in [2.75, 3.05) is 0 Å². The van der Waals surface area contributed by atoms with Gasteiger partial charge in [-0.2, -0.15) is 0 Å². The Bertz CT molecular complexity index is 68.5. The molecule has 0 saturated heterocycles. The minimum atomic E-state index is 0.683. The second-order valence-electron chi connectivity index (χ2n) is 1.35. The molecule has 2 nitrogen and oxygen atoms in total. The van der Waals surface area contributed by atoms with Gasteiger partial charge in [0.1, 0.15) is 0 Å². The maximum absolute atomic E-state index is 8.02. The minimum absolute atomic E-state index is 0.683. The lowest BCUT2D eigenvalue weighted by Gasteiger charge is -1.87. The van der Waals surface area contributed by atoms with Crippen LogP contribution in [0.25, 0.3) is 0 Å². The molecule has 0 heterocycles. The van der Waals surface area contributed by atoms with Crippen LogP contribution in [0.3, 0.4) is 0 Å². The van der Waals surface area contributed by atoms with Crippen molar-refractivity contribution in [3.63, 3.8) is 0 Å². The zero-order valence-corrected chi connectivity index (χ0v) is 4.68. The van der Waals surface area contributed by atoms with Crippen molar-refractivity contribution in [1.29, 1.82) is 0 Å². The molecule has 0 aliphatic carbocycles. The topological polar surface area (TPSA) is 32.6 Å². The highest BCUT2D eigenvalue weighted by Crippen LogP contribution is 1.86. The molecule has 0 aliphatic heterocycles. The summed E-state index contributed by atoms with van der Waals surface area (Å²) < 4.78 is 0. The fourth-order valence-electron chi connectivity index (χ4n) is 0.336. The summed E-state index contributed by atoms with van der Waals surface area (Å²) in [6.45, 7) is 3.75. The highest BCUT2D eigenvalue weighted by atomic mass is 16.4. The summed E-state index contributed by atoms with van der Waals surface area (Å²) in [5.74, 6) is 0. The van der Waals surface area contributed by atoms with E-state index in [9.17, 15) is 0 Å². The highest BCUT2D eigenvalue weighted by Gasteiger charge is 1.84. The third-order valence-electron chi connectivity index (χ3n) is 0.657. The molecular formula is C5H10NO. The van der Waals surface area contributed by atoms with E-state index in [0.717, 1.165) is 6.42 Å². The molecule has 0 aromatic heterocycles. The average Bonchev–Trinajstić information content (AvgIpc) is 1.68. The first-order valence-corrected chi connectivity index (χ1v) is 2.33. The molecule has 0 atom stereocenters. The summed E-state index contributed by atoms with van der Waals surface area (Å²) in [6, 6.07) is 0. The van der Waals surface area contributed by atoms with Crippen LogP contribution in [0.2, 0.25) is 0 Å². The first-order valence-electron chi connectivity index (χ1n) is 2.33. The predicted octanol–water partition coefficient (Wildman–Crippen LogP) is 1.45. The molecule has 0 aromatic rings. The van der Waals surface area contributed by atoms with Crippen molar-refractivity contribution >= 4 is 5.71 Å². The molecule has 0 aromatic carbocycles. The maximum atomic E-state index is 8.02. The van der Waals surface area contributed by atoms with Crippen LogP contribution in [0.15, 0.2) is 5.16 Å². The molecule has 7 heavy (non-hydrogen) atoms. The van der Waals surface area contributed by atoms with Crippen LogP contribution in [0.5, 0.6) is 0 Å². The van der Waals surface area contributed by atoms with Gasteiger partial charge in [-0.1, -0.05) is 12.1 Å². The van der Waals surface area contributed by atoms with Gasteiger partial charge in [0.25, 0.3) is 0 Å². The largest absolute Gasteiger partial charge is 0.411 e. The van der Waals surface area contributed by atoms with Crippen LogP contribution < -0.4 is 0 Å². The van der Waals surface area contributed by atoms with Crippen molar-refractivity contribution in [1.82, 2.24) is 0 Å². The summed E-state index contributed by atoms with van der Waals surface area (Å²) in [5, 5.41) is 11.0. The second-order valence-corrected chi connectivity index (χ2v) is 1.35. The number of oxime groups is 1. The van der Waals surface area contributed by atoms with Gasteiger partial charge in [-0.15, -0.1) is 0 Å². The Morgan fingerprint density at radius 1 is 1.86 bits per heavy atom. The van der Waals surface area contributed by atoms with Gasteiger partial charge in [0.05, 0.1) is 5.71 Å². The van der Waals surface area contributed by atoms with Crippen LogP contribution in [-0.2, 0) is 0 Å². The third-order valence-corrected chi connectivity index (χ3v) is 0.657. The first kappa shape index (κ1) is 6.47. The summed E-state index contributed by atoms with van der Waals surface area (Å²) in [4.78, 5) is 0. The van der Waals surface area contributed by atoms with Crippen molar-refractivity contribution in [2.24, 2.45) is 5.16 Å². The smallest absolute Gasteiger partial charge is 0.0577 e. The number of hydrogen-bond acceptors (Lipinski definition) is 2. The zero-order chi connectivity index (χ0) is 5.70. The summed E-state index contributed by atoms with van der Waals surface area (Å²) in [7, 11) is 0. The first-order chi connectivity index (χ1) is 3.31. The molecule has 0 saturated carbocycles. The number of rotatable bonds is 2. The molecule has 0 bridgehead atoms. The molecule has 0 amide bonds. The molecular weight excluding hydrogens is 90.1 g/mol. The lowest BCUT2D eigenvalue weighted by Crippen LogP contribution is -1.88. The average molecular weight is 100 g/mol. The van der Waals surface area contributed by atoms with E-state index in [1.54, 1.807) is 6.92 Å². The van der Waals surface area contributed by atoms with E-state index < -0.39 is 0 Å². The molecule has 1 radical (unpaired) electrons. The van der Waals surface area contributed by atoms with Gasteiger partial charge in [-0.25, -0.2) is 0 Å². The van der Waals surface area contributed by atoms with Crippen molar-refractivity contribution in [3.05, 3.63) is 6.42 Å². The predicted molar refractivity (Wildman–Crippen MR) is 29.5 cm³/mol. The van der Waals surface area contributed by atoms with E-state index in [0.29, 0.717) is 5.71 Å². The van der Waals surface area contributed by atoms with Gasteiger partial charge in [0, 0.05) is 6.42 Å². The Balaban J connectivity index is 3.17. The van der Waals surface area contributed by atoms with Gasteiger partial charge >= 0.3 is 0 Å². The SMILES string of the molecule is CC[CH]/C(C)=N\O. The summed E-state index contributed by atoms with van der Waals surface area (Å²) in [5.41, 5.74) is 0.683. The van der Waals surface area contributed by atoms with E-state index in [1.165, 1.54) is 0 Å². The Morgan fingerprint density at radius 2 is 2.43 bits per heavy atom. The fourth-order valence-corrected chi connectivity index (χ4v) is 0.336. The van der Waals surface area contributed by atoms with E-state index in [-0.39, 0.29) is 0 Å². The number of hydrogen-bond donors (Lipinski definition) is 1. The van der Waals surface area contributed by atoms with E-state index in [2.05, 4.69) is 5.16 Å². The van der Waals surface area contributed by atoms with Crippen LogP contribution in [0, 0.1) is 6.42 Å². The molecule has 1 N–H and O–H groups in total. The molecule has 41 valence electrons. The summed E-state index contributed by atoms with van der Waals surface area (Å²) in [6.07, 6.45) is 2.77. The van der Waals surface area contributed by atoms with Crippen LogP contribution in [0.1, 0.15) is 20.3 Å². The van der Waals surface area contributed by atoms with Gasteiger partial charge < -0.3 is 5.21 Å². The van der Waals surface area contributed by atoms with Gasteiger partial charge in [-0.05, 0) is 13.3 Å². The van der Waals surface area contributed by atoms with Crippen molar-refractivity contribution < 1.29 is 5.21 Å². The second kappa shape index (κ2) is 3.65. The Labute approximate surface area is 43.8 Å². The van der Waals surface area contributed by atoms with Crippen molar-refractivity contribution in [3.8, 4) is 0 Å². The van der Waals surface area contributed by atoms with Crippen LogP contribution in [0.4, 0.5) is 0 Å². The van der Waals surface area contributed by atoms with Gasteiger partial charge in [-0.3, -0.25) is 0 Å². The Kier molecular flexibility index (Phi) is 3.38. The molecule has 0 unspecified atom stereocenters. The normalized spacial score (nSPS) is 12.0. The number of nitrogens with zero attached hydrogens (tertiary/aromatic N) is 1. The van der Waals surface area contributed by atoms with E-state index in [1.807, 2.05) is 13.3 Å². The lowest BCUT2D eigenvalue weighted by molar-refractivity contribution is 0.318. The molecule has 2 heteroatoms. The van der Waals surface area contributed by atoms with Crippen LogP contribution in [-0.4, -0.2) is 10.9 Å².